The molecule has 1 saturated carbocycles. The highest BCUT2D eigenvalue weighted by molar-refractivity contribution is 6.31. The van der Waals surface area contributed by atoms with Crippen LogP contribution in [-0.2, 0) is 15.0 Å². The second-order valence-electron chi connectivity index (χ2n) is 11.5. The van der Waals surface area contributed by atoms with E-state index in [1.54, 1.807) is 24.3 Å². The molecule has 4 atom stereocenters. The van der Waals surface area contributed by atoms with E-state index < -0.39 is 28.7 Å². The number of ketones is 1. The maximum Gasteiger partial charge on any atom is 0.237 e. The van der Waals surface area contributed by atoms with Gasteiger partial charge in [-0.05, 0) is 66.8 Å². The molecule has 2 aromatic carbocycles. The number of nitrogens with one attached hydrogen (secondary N) is 2. The summed E-state index contributed by atoms with van der Waals surface area (Å²) in [4.78, 5) is 27.9. The summed E-state index contributed by atoms with van der Waals surface area (Å²) in [6.45, 7) is 8.37. The number of carbonyl (C=O) groups is 2. The lowest BCUT2D eigenvalue weighted by atomic mass is 9.58. The standard InChI is InChI=1S/C28H31Cl2FN2O2/c1-5-27(4)28(18-10-9-16(29)12-20(18)32-25(28)35)22(17-7-6-8-19(30)23(17)31)24(33-27)21(34)11-15-13-26(2,3)14-15/h6-10,12,15,22,24,33H,5,11,13-14H2,1-4H3,(H,32,35)/t22-,24-,27-,28+/m0/s1. The third-order valence-electron chi connectivity index (χ3n) is 8.70. The first-order valence-electron chi connectivity index (χ1n) is 12.3. The van der Waals surface area contributed by atoms with Crippen LogP contribution >= 0.6 is 23.2 Å². The molecule has 2 aromatic rings. The van der Waals surface area contributed by atoms with E-state index in [1.165, 1.54) is 6.07 Å². The fraction of sp³-hybridized carbons (Fsp3) is 0.500. The number of rotatable bonds is 5. The number of carbonyl (C=O) groups excluding carboxylic acids is 2. The van der Waals surface area contributed by atoms with Crippen LogP contribution in [0.2, 0.25) is 10.0 Å². The Bertz CT molecular complexity index is 1220. The SMILES string of the molecule is CC[C@]1(C)N[C@@H](C(=O)CC2CC(C)(C)C2)[C@H](c2cccc(Cl)c2F)[C@]12C(=O)Nc1cc(Cl)ccc12. The predicted molar refractivity (Wildman–Crippen MR) is 138 cm³/mol. The summed E-state index contributed by atoms with van der Waals surface area (Å²) in [5.74, 6) is -1.29. The van der Waals surface area contributed by atoms with E-state index in [0.717, 1.165) is 18.4 Å². The fourth-order valence-electron chi connectivity index (χ4n) is 7.18. The molecule has 35 heavy (non-hydrogen) atoms. The summed E-state index contributed by atoms with van der Waals surface area (Å²) >= 11 is 12.5. The van der Waals surface area contributed by atoms with E-state index in [9.17, 15) is 9.59 Å². The molecule has 0 bridgehead atoms. The molecule has 2 fully saturated rings. The largest absolute Gasteiger partial charge is 0.325 e. The highest BCUT2D eigenvalue weighted by Crippen LogP contribution is 2.60. The summed E-state index contributed by atoms with van der Waals surface area (Å²) in [7, 11) is 0. The van der Waals surface area contributed by atoms with Crippen molar-refractivity contribution in [3.05, 3.63) is 63.4 Å². The highest BCUT2D eigenvalue weighted by Gasteiger charge is 2.70. The van der Waals surface area contributed by atoms with Crippen LogP contribution in [0.4, 0.5) is 10.1 Å². The van der Waals surface area contributed by atoms with Gasteiger partial charge in [-0.3, -0.25) is 9.59 Å². The second-order valence-corrected chi connectivity index (χ2v) is 12.3. The van der Waals surface area contributed by atoms with Crippen molar-refractivity contribution in [1.29, 1.82) is 0 Å². The number of amides is 1. The van der Waals surface area contributed by atoms with Crippen LogP contribution in [-0.4, -0.2) is 23.3 Å². The first kappa shape index (κ1) is 24.7. The molecule has 2 aliphatic heterocycles. The minimum atomic E-state index is -1.22. The Morgan fingerprint density at radius 2 is 1.86 bits per heavy atom. The molecule has 1 saturated heterocycles. The van der Waals surface area contributed by atoms with Crippen LogP contribution in [0.1, 0.15) is 70.4 Å². The Morgan fingerprint density at radius 1 is 1.14 bits per heavy atom. The molecule has 0 radical (unpaired) electrons. The van der Waals surface area contributed by atoms with Crippen LogP contribution in [0.25, 0.3) is 0 Å². The van der Waals surface area contributed by atoms with E-state index in [1.807, 2.05) is 19.9 Å². The predicted octanol–water partition coefficient (Wildman–Crippen LogP) is 6.64. The molecular weight excluding hydrogens is 486 g/mol. The third kappa shape index (κ3) is 3.57. The van der Waals surface area contributed by atoms with E-state index in [4.69, 9.17) is 23.2 Å². The Morgan fingerprint density at radius 3 is 2.51 bits per heavy atom. The monoisotopic (exact) mass is 516 g/mol. The number of fused-ring (bicyclic) bond motifs is 2. The Hall–Kier alpha value is -1.95. The van der Waals surface area contributed by atoms with Gasteiger partial charge in [-0.15, -0.1) is 0 Å². The zero-order valence-electron chi connectivity index (χ0n) is 20.5. The molecule has 4 nitrogen and oxygen atoms in total. The minimum Gasteiger partial charge on any atom is -0.325 e. The van der Waals surface area contributed by atoms with Gasteiger partial charge in [0.15, 0.2) is 5.78 Å². The van der Waals surface area contributed by atoms with Crippen LogP contribution < -0.4 is 10.6 Å². The molecule has 5 rings (SSSR count). The molecule has 0 unspecified atom stereocenters. The third-order valence-corrected chi connectivity index (χ3v) is 9.23. The molecule has 0 aromatic heterocycles. The number of benzene rings is 2. The molecular formula is C28H31Cl2FN2O2. The van der Waals surface area contributed by atoms with Gasteiger partial charge >= 0.3 is 0 Å². The van der Waals surface area contributed by atoms with Gasteiger partial charge in [0.25, 0.3) is 0 Å². The summed E-state index contributed by atoms with van der Waals surface area (Å²) in [5.41, 5.74) is -0.165. The number of anilines is 1. The van der Waals surface area contributed by atoms with Crippen molar-refractivity contribution < 1.29 is 14.0 Å². The van der Waals surface area contributed by atoms with Crippen molar-refractivity contribution in [3.8, 4) is 0 Å². The second kappa shape index (κ2) is 8.29. The van der Waals surface area contributed by atoms with Gasteiger partial charge in [-0.25, -0.2) is 4.39 Å². The fourth-order valence-corrected chi connectivity index (χ4v) is 7.53. The first-order valence-corrected chi connectivity index (χ1v) is 13.0. The van der Waals surface area contributed by atoms with Crippen molar-refractivity contribution in [2.45, 2.75) is 76.3 Å². The summed E-state index contributed by atoms with van der Waals surface area (Å²) < 4.78 is 15.7. The summed E-state index contributed by atoms with van der Waals surface area (Å²) in [6, 6.07) is 9.40. The molecule has 7 heteroatoms. The zero-order chi connectivity index (χ0) is 25.3. The number of Topliss-reactive ketones (excluding diaryl/α,β-unsaturated/α-hetero) is 1. The molecule has 2 heterocycles. The average molecular weight is 517 g/mol. The van der Waals surface area contributed by atoms with E-state index in [2.05, 4.69) is 24.5 Å². The van der Waals surface area contributed by atoms with Crippen LogP contribution in [0.5, 0.6) is 0 Å². The molecule has 1 aliphatic carbocycles. The topological polar surface area (TPSA) is 58.2 Å². The normalized spacial score (nSPS) is 31.3. The Balaban J connectivity index is 1.70. The molecule has 1 spiro atoms. The lowest BCUT2D eigenvalue weighted by Gasteiger charge is -2.43. The van der Waals surface area contributed by atoms with Gasteiger partial charge in [0.1, 0.15) is 11.2 Å². The zero-order valence-corrected chi connectivity index (χ0v) is 22.0. The van der Waals surface area contributed by atoms with Crippen LogP contribution in [0.15, 0.2) is 36.4 Å². The Labute approximate surface area is 216 Å². The van der Waals surface area contributed by atoms with Crippen LogP contribution in [0, 0.1) is 17.2 Å². The Kier molecular flexibility index (Phi) is 5.86. The molecule has 186 valence electrons. The lowest BCUT2D eigenvalue weighted by molar-refractivity contribution is -0.124. The first-order chi connectivity index (χ1) is 16.4. The highest BCUT2D eigenvalue weighted by atomic mass is 35.5. The van der Waals surface area contributed by atoms with E-state index in [-0.39, 0.29) is 27.7 Å². The van der Waals surface area contributed by atoms with Gasteiger partial charge in [-0.2, -0.15) is 0 Å². The molecule has 3 aliphatic rings. The van der Waals surface area contributed by atoms with Gasteiger partial charge in [-0.1, -0.05) is 62.2 Å². The van der Waals surface area contributed by atoms with E-state index in [0.29, 0.717) is 29.5 Å². The van der Waals surface area contributed by atoms with Crippen molar-refractivity contribution in [2.24, 2.45) is 11.3 Å². The van der Waals surface area contributed by atoms with Crippen LogP contribution in [0.3, 0.4) is 0 Å². The maximum atomic E-state index is 15.7. The number of hydrogen-bond donors (Lipinski definition) is 2. The molecule has 1 amide bonds. The van der Waals surface area contributed by atoms with Crippen molar-refractivity contribution in [3.63, 3.8) is 0 Å². The van der Waals surface area contributed by atoms with Gasteiger partial charge < -0.3 is 10.6 Å². The quantitative estimate of drug-likeness (QED) is 0.468. The molecule has 2 N–H and O–H groups in total. The van der Waals surface area contributed by atoms with Crippen molar-refractivity contribution >= 4 is 40.6 Å². The number of halogens is 3. The average Bonchev–Trinajstić information content (AvgIpc) is 3.21. The minimum absolute atomic E-state index is 0.0154. The van der Waals surface area contributed by atoms with E-state index >= 15 is 4.39 Å². The van der Waals surface area contributed by atoms with Gasteiger partial charge in [0.05, 0.1) is 11.1 Å². The van der Waals surface area contributed by atoms with Gasteiger partial charge in [0, 0.05) is 28.6 Å². The lowest BCUT2D eigenvalue weighted by Crippen LogP contribution is -2.57. The van der Waals surface area contributed by atoms with Crippen molar-refractivity contribution in [1.82, 2.24) is 5.32 Å². The maximum absolute atomic E-state index is 15.7. The van der Waals surface area contributed by atoms with Crippen molar-refractivity contribution in [2.75, 3.05) is 5.32 Å². The summed E-state index contributed by atoms with van der Waals surface area (Å²) in [5, 5.41) is 7.02. The number of hydrogen-bond acceptors (Lipinski definition) is 3. The van der Waals surface area contributed by atoms with Gasteiger partial charge in [0.2, 0.25) is 5.91 Å². The summed E-state index contributed by atoms with van der Waals surface area (Å²) in [6.07, 6.45) is 2.94. The smallest absolute Gasteiger partial charge is 0.237 e.